The number of hydrogen-bond donors (Lipinski definition) is 2. The van der Waals surface area contributed by atoms with Gasteiger partial charge in [0.15, 0.2) is 4.77 Å². The average molecular weight is 359 g/mol. The van der Waals surface area contributed by atoms with Crippen LogP contribution >= 0.6 is 12.2 Å². The lowest BCUT2D eigenvalue weighted by atomic mass is 9.78. The molecule has 1 fully saturated rings. The zero-order chi connectivity index (χ0) is 18.1. The Morgan fingerprint density at radius 2 is 2.12 bits per heavy atom. The van der Waals surface area contributed by atoms with Crippen LogP contribution in [0.25, 0.3) is 10.9 Å². The first-order valence-electron chi connectivity index (χ1n) is 9.00. The van der Waals surface area contributed by atoms with Gasteiger partial charge in [-0.1, -0.05) is 26.7 Å². The molecule has 1 aromatic heterocycles. The minimum absolute atomic E-state index is 0.0909. The fraction of sp³-hybridized carbons (Fsp3) is 0.526. The van der Waals surface area contributed by atoms with Gasteiger partial charge in [0.1, 0.15) is 0 Å². The van der Waals surface area contributed by atoms with E-state index in [1.54, 1.807) is 18.2 Å². The fourth-order valence-electron chi connectivity index (χ4n) is 3.72. The van der Waals surface area contributed by atoms with Crippen molar-refractivity contribution in [3.05, 3.63) is 38.9 Å². The third kappa shape index (κ3) is 3.40. The third-order valence-corrected chi connectivity index (χ3v) is 5.91. The lowest BCUT2D eigenvalue weighted by Crippen LogP contribution is -2.43. The van der Waals surface area contributed by atoms with Gasteiger partial charge in [0.25, 0.3) is 11.5 Å². The highest BCUT2D eigenvalue weighted by Crippen LogP contribution is 2.29. The predicted molar refractivity (Wildman–Crippen MR) is 102 cm³/mol. The molecule has 0 saturated heterocycles. The molecule has 6 heteroatoms. The number of nitrogens with one attached hydrogen (secondary N) is 2. The van der Waals surface area contributed by atoms with Crippen molar-refractivity contribution in [2.45, 2.75) is 52.6 Å². The second-order valence-electron chi connectivity index (χ2n) is 7.09. The summed E-state index contributed by atoms with van der Waals surface area (Å²) in [7, 11) is 0. The van der Waals surface area contributed by atoms with Crippen molar-refractivity contribution in [3.8, 4) is 0 Å². The molecule has 0 bridgehead atoms. The molecular formula is C19H25N3O2S. The summed E-state index contributed by atoms with van der Waals surface area (Å²) in [6.45, 7) is 6.85. The van der Waals surface area contributed by atoms with Gasteiger partial charge in [-0.15, -0.1) is 0 Å². The fourth-order valence-corrected chi connectivity index (χ4v) is 4.04. The summed E-state index contributed by atoms with van der Waals surface area (Å²) in [5.41, 5.74) is 1.04. The molecule has 0 spiro atoms. The SMILES string of the molecule is CCn1c(=S)[nH]c2cc(C(=O)NC3CCCC(C)C3C)ccc2c1=O. The molecule has 1 aromatic carbocycles. The van der Waals surface area contributed by atoms with Crippen LogP contribution in [-0.2, 0) is 6.54 Å². The Balaban J connectivity index is 1.90. The van der Waals surface area contributed by atoms with Gasteiger partial charge >= 0.3 is 0 Å². The van der Waals surface area contributed by atoms with E-state index in [-0.39, 0.29) is 17.5 Å². The van der Waals surface area contributed by atoms with Crippen molar-refractivity contribution < 1.29 is 4.79 Å². The Hall–Kier alpha value is -1.95. The number of rotatable bonds is 3. The Morgan fingerprint density at radius 3 is 2.84 bits per heavy atom. The summed E-state index contributed by atoms with van der Waals surface area (Å²) in [5.74, 6) is 1.01. The first-order chi connectivity index (χ1) is 11.9. The van der Waals surface area contributed by atoms with Crippen molar-refractivity contribution in [1.29, 1.82) is 0 Å². The number of amides is 1. The molecule has 1 aliphatic rings. The molecule has 25 heavy (non-hydrogen) atoms. The molecule has 134 valence electrons. The number of H-pyrrole nitrogens is 1. The van der Waals surface area contributed by atoms with E-state index in [4.69, 9.17) is 12.2 Å². The minimum atomic E-state index is -0.122. The van der Waals surface area contributed by atoms with E-state index in [0.29, 0.717) is 39.6 Å². The highest BCUT2D eigenvalue weighted by atomic mass is 32.1. The maximum Gasteiger partial charge on any atom is 0.262 e. The summed E-state index contributed by atoms with van der Waals surface area (Å²) >= 11 is 5.24. The number of carbonyl (C=O) groups excluding carboxylic acids is 1. The first kappa shape index (κ1) is 17.9. The minimum Gasteiger partial charge on any atom is -0.349 e. The first-order valence-corrected chi connectivity index (χ1v) is 9.41. The number of benzene rings is 1. The second kappa shape index (κ2) is 7.12. The Morgan fingerprint density at radius 1 is 1.36 bits per heavy atom. The molecule has 1 saturated carbocycles. The highest BCUT2D eigenvalue weighted by Gasteiger charge is 2.28. The van der Waals surface area contributed by atoms with Crippen LogP contribution in [0.3, 0.4) is 0 Å². The molecule has 3 atom stereocenters. The summed E-state index contributed by atoms with van der Waals surface area (Å²) in [6, 6.07) is 5.35. The van der Waals surface area contributed by atoms with E-state index < -0.39 is 0 Å². The van der Waals surface area contributed by atoms with Gasteiger partial charge in [0, 0.05) is 18.2 Å². The van der Waals surface area contributed by atoms with Crippen LogP contribution in [-0.4, -0.2) is 21.5 Å². The molecule has 5 nitrogen and oxygen atoms in total. The maximum atomic E-state index is 12.7. The van der Waals surface area contributed by atoms with Crippen LogP contribution < -0.4 is 10.9 Å². The largest absolute Gasteiger partial charge is 0.349 e. The molecule has 1 aliphatic carbocycles. The van der Waals surface area contributed by atoms with Gasteiger partial charge in [-0.3, -0.25) is 14.2 Å². The normalized spacial score (nSPS) is 23.6. The monoisotopic (exact) mass is 359 g/mol. The molecule has 1 heterocycles. The molecule has 3 unspecified atom stereocenters. The van der Waals surface area contributed by atoms with Crippen LogP contribution in [0.2, 0.25) is 0 Å². The second-order valence-corrected chi connectivity index (χ2v) is 7.47. The lowest BCUT2D eigenvalue weighted by Gasteiger charge is -2.34. The molecular weight excluding hydrogens is 334 g/mol. The molecule has 0 radical (unpaired) electrons. The van der Waals surface area contributed by atoms with Crippen LogP contribution in [0.15, 0.2) is 23.0 Å². The van der Waals surface area contributed by atoms with Crippen molar-refractivity contribution in [3.63, 3.8) is 0 Å². The van der Waals surface area contributed by atoms with Crippen molar-refractivity contribution in [2.75, 3.05) is 0 Å². The molecule has 2 N–H and O–H groups in total. The summed E-state index contributed by atoms with van der Waals surface area (Å²) in [4.78, 5) is 28.2. The standard InChI is InChI=1S/C19H25N3O2S/c1-4-22-18(24)14-9-8-13(10-16(14)21-19(22)25)17(23)20-15-7-5-6-11(2)12(15)3/h8-12,15H,4-7H2,1-3H3,(H,20,23)(H,21,25). The predicted octanol–water partition coefficient (Wildman–Crippen LogP) is 3.63. The number of fused-ring (bicyclic) bond motifs is 1. The van der Waals surface area contributed by atoms with Crippen LogP contribution in [0.4, 0.5) is 0 Å². The number of hydrogen-bond acceptors (Lipinski definition) is 3. The zero-order valence-electron chi connectivity index (χ0n) is 15.0. The van der Waals surface area contributed by atoms with Gasteiger partial charge in [-0.2, -0.15) is 0 Å². The third-order valence-electron chi connectivity index (χ3n) is 5.58. The van der Waals surface area contributed by atoms with Crippen molar-refractivity contribution in [2.24, 2.45) is 11.8 Å². The highest BCUT2D eigenvalue weighted by molar-refractivity contribution is 7.71. The van der Waals surface area contributed by atoms with Crippen LogP contribution in [0.5, 0.6) is 0 Å². The Bertz CT molecular complexity index is 915. The van der Waals surface area contributed by atoms with Crippen molar-refractivity contribution in [1.82, 2.24) is 14.9 Å². The van der Waals surface area contributed by atoms with Crippen LogP contribution in [0, 0.1) is 16.6 Å². The van der Waals surface area contributed by atoms with Gasteiger partial charge in [-0.25, -0.2) is 0 Å². The van der Waals surface area contributed by atoms with Gasteiger partial charge < -0.3 is 10.3 Å². The average Bonchev–Trinajstić information content (AvgIpc) is 2.58. The van der Waals surface area contributed by atoms with E-state index in [9.17, 15) is 9.59 Å². The summed E-state index contributed by atoms with van der Waals surface area (Å²) in [5, 5.41) is 3.72. The van der Waals surface area contributed by atoms with E-state index >= 15 is 0 Å². The van der Waals surface area contributed by atoms with Gasteiger partial charge in [-0.05, 0) is 55.6 Å². The quantitative estimate of drug-likeness (QED) is 0.822. The summed E-state index contributed by atoms with van der Waals surface area (Å²) in [6.07, 6.45) is 3.40. The van der Waals surface area contributed by atoms with E-state index in [2.05, 4.69) is 24.1 Å². The van der Waals surface area contributed by atoms with E-state index in [0.717, 1.165) is 12.8 Å². The molecule has 0 aliphatic heterocycles. The summed E-state index contributed by atoms with van der Waals surface area (Å²) < 4.78 is 1.90. The molecule has 3 rings (SSSR count). The number of aromatic nitrogens is 2. The number of aromatic amines is 1. The van der Waals surface area contributed by atoms with E-state index in [1.807, 2.05) is 6.92 Å². The molecule has 1 amide bonds. The smallest absolute Gasteiger partial charge is 0.262 e. The Labute approximate surface area is 152 Å². The van der Waals surface area contributed by atoms with Crippen LogP contribution in [0.1, 0.15) is 50.4 Å². The van der Waals surface area contributed by atoms with Gasteiger partial charge in [0.05, 0.1) is 10.9 Å². The van der Waals surface area contributed by atoms with E-state index in [1.165, 1.54) is 11.0 Å². The lowest BCUT2D eigenvalue weighted by molar-refractivity contribution is 0.0891. The van der Waals surface area contributed by atoms with Crippen molar-refractivity contribution >= 4 is 29.0 Å². The Kier molecular flexibility index (Phi) is 5.08. The maximum absolute atomic E-state index is 12.7. The zero-order valence-corrected chi connectivity index (χ0v) is 15.8. The topological polar surface area (TPSA) is 66.9 Å². The van der Waals surface area contributed by atoms with Gasteiger partial charge in [0.2, 0.25) is 0 Å². The number of nitrogens with zero attached hydrogens (tertiary/aromatic N) is 1. The number of carbonyl (C=O) groups is 1. The molecule has 2 aromatic rings.